The van der Waals surface area contributed by atoms with Crippen LogP contribution in [0.4, 0.5) is 0 Å². The average Bonchev–Trinajstić information content (AvgIpc) is 1.84. The Bertz CT molecular complexity index is 159. The number of aliphatic hydroxyl groups excluding tert-OH is 1. The smallest absolute Gasteiger partial charge is 1.00 e. The molecule has 10 heavy (non-hydrogen) atoms. The van der Waals surface area contributed by atoms with Crippen LogP contribution in [0.25, 0.3) is 0 Å². The molecule has 0 aliphatic rings. The van der Waals surface area contributed by atoms with Gasteiger partial charge in [-0.05, 0) is 19.3 Å². The van der Waals surface area contributed by atoms with Crippen LogP contribution in [0.1, 0.15) is 7.85 Å². The molecular formula is C3H9NaO4S2. The molecule has 0 amide bonds. The van der Waals surface area contributed by atoms with E-state index in [1.807, 2.05) is 0 Å². The Morgan fingerprint density at radius 3 is 2.40 bits per heavy atom. The largest absolute Gasteiger partial charge is 1.00 e. The van der Waals surface area contributed by atoms with Crippen molar-refractivity contribution in [3.05, 3.63) is 0 Å². The van der Waals surface area contributed by atoms with Gasteiger partial charge >= 0.3 is 29.6 Å². The monoisotopic (exact) mass is 196 g/mol. The molecular weight excluding hydrogens is 187 g/mol. The van der Waals surface area contributed by atoms with Crippen LogP contribution in [0.2, 0.25) is 0 Å². The topological polar surface area (TPSA) is 63.6 Å². The van der Waals surface area contributed by atoms with E-state index in [0.717, 1.165) is 0 Å². The number of thiol groups is 1. The van der Waals surface area contributed by atoms with E-state index in [9.17, 15) is 8.42 Å². The summed E-state index contributed by atoms with van der Waals surface area (Å²) in [4.78, 5) is 0. The second kappa shape index (κ2) is 6.90. The van der Waals surface area contributed by atoms with Crippen molar-refractivity contribution in [3.8, 4) is 0 Å². The number of rotatable bonds is 4. The number of aliphatic hydroxyl groups is 1. The molecule has 0 aromatic heterocycles. The molecule has 0 aromatic rings. The third kappa shape index (κ3) is 7.33. The quantitative estimate of drug-likeness (QED) is 0.280. The Kier molecular flexibility index (Phi) is 9.51. The first-order valence-corrected chi connectivity index (χ1v) is 4.23. The van der Waals surface area contributed by atoms with Crippen molar-refractivity contribution in [1.82, 2.24) is 0 Å². The Hall–Kier alpha value is 1.22. The molecule has 0 saturated carbocycles. The van der Waals surface area contributed by atoms with Crippen LogP contribution in [0, 0.1) is 0 Å². The Morgan fingerprint density at radius 1 is 1.60 bits per heavy atom. The molecule has 1 N–H and O–H groups in total. The van der Waals surface area contributed by atoms with Crippen LogP contribution in [0.15, 0.2) is 0 Å². The van der Waals surface area contributed by atoms with Crippen LogP contribution in [-0.4, -0.2) is 25.9 Å². The maximum atomic E-state index is 10.3. The number of hydrogen-bond acceptors (Lipinski definition) is 5. The van der Waals surface area contributed by atoms with Crippen molar-refractivity contribution < 1.29 is 48.1 Å². The van der Waals surface area contributed by atoms with Gasteiger partial charge < -0.3 is 6.53 Å². The van der Waals surface area contributed by atoms with Gasteiger partial charge in [-0.15, -0.1) is 0 Å². The summed E-state index contributed by atoms with van der Waals surface area (Å²) in [7, 11) is -3.48. The van der Waals surface area contributed by atoms with Crippen molar-refractivity contribution in [2.24, 2.45) is 0 Å². The minimum Gasteiger partial charge on any atom is -1.00 e. The average molecular weight is 196 g/mol. The maximum Gasteiger partial charge on any atom is 1.00 e. The fourth-order valence-electron chi connectivity index (χ4n) is 0.279. The first-order valence-electron chi connectivity index (χ1n) is 2.29. The summed E-state index contributed by atoms with van der Waals surface area (Å²) >= 11 is 3.10. The van der Waals surface area contributed by atoms with Crippen LogP contribution in [-0.2, 0) is 13.7 Å². The minimum atomic E-state index is -3.48. The second-order valence-corrected chi connectivity index (χ2v) is 3.53. The standard InChI is InChI=1S/C3H8O4S2.Na.H/c4-2-1-3-9(5,6)7-8;;/h4,8H,1-3H2;;/q;+1;-1. The fourth-order valence-corrected chi connectivity index (χ4v) is 1.06. The van der Waals surface area contributed by atoms with E-state index in [1.165, 1.54) is 0 Å². The first-order chi connectivity index (χ1) is 4.12. The fraction of sp³-hybridized carbons (Fsp3) is 1.00. The molecule has 4 nitrogen and oxygen atoms in total. The summed E-state index contributed by atoms with van der Waals surface area (Å²) in [5.41, 5.74) is 0. The third-order valence-corrected chi connectivity index (χ3v) is 2.36. The van der Waals surface area contributed by atoms with Crippen molar-refractivity contribution >= 4 is 23.0 Å². The second-order valence-electron chi connectivity index (χ2n) is 1.41. The molecule has 0 fully saturated rings. The molecule has 0 bridgehead atoms. The molecule has 0 aliphatic heterocycles. The summed E-state index contributed by atoms with van der Waals surface area (Å²) in [6.45, 7) is -0.156. The molecule has 0 aliphatic carbocycles. The molecule has 0 atom stereocenters. The van der Waals surface area contributed by atoms with E-state index in [1.54, 1.807) is 0 Å². The van der Waals surface area contributed by atoms with Gasteiger partial charge in [-0.3, -0.25) is 0 Å². The van der Waals surface area contributed by atoms with E-state index in [2.05, 4.69) is 16.5 Å². The van der Waals surface area contributed by atoms with Crippen molar-refractivity contribution in [1.29, 1.82) is 0 Å². The summed E-state index contributed by atoms with van der Waals surface area (Å²) in [5.74, 6) is -0.188. The molecule has 0 heterocycles. The maximum absolute atomic E-state index is 10.3. The van der Waals surface area contributed by atoms with Gasteiger partial charge in [0.1, 0.15) is 0 Å². The SMILES string of the molecule is O=S(=O)(CCCO)OS.[H-].[Na+]. The predicted octanol–water partition coefficient (Wildman–Crippen LogP) is -3.32. The summed E-state index contributed by atoms with van der Waals surface area (Å²) in [6.07, 6.45) is 0.183. The van der Waals surface area contributed by atoms with Crippen LogP contribution < -0.4 is 29.6 Å². The van der Waals surface area contributed by atoms with Crippen molar-refractivity contribution in [2.45, 2.75) is 6.42 Å². The van der Waals surface area contributed by atoms with Gasteiger partial charge in [0.25, 0.3) is 10.1 Å². The van der Waals surface area contributed by atoms with E-state index >= 15 is 0 Å². The van der Waals surface area contributed by atoms with Crippen LogP contribution >= 0.6 is 12.9 Å². The third-order valence-electron chi connectivity index (χ3n) is 0.666. The first kappa shape index (κ1) is 13.8. The number of hydrogen-bond donors (Lipinski definition) is 2. The molecule has 0 radical (unpaired) electrons. The van der Waals surface area contributed by atoms with Gasteiger partial charge in [-0.25, -0.2) is 3.63 Å². The Labute approximate surface area is 89.5 Å². The van der Waals surface area contributed by atoms with Gasteiger partial charge in [-0.2, -0.15) is 8.42 Å². The normalized spacial score (nSPS) is 10.6. The zero-order valence-electron chi connectivity index (χ0n) is 6.65. The molecule has 58 valence electrons. The van der Waals surface area contributed by atoms with Gasteiger partial charge in [0.2, 0.25) is 0 Å². The summed E-state index contributed by atoms with van der Waals surface area (Å²) in [6, 6.07) is 0. The van der Waals surface area contributed by atoms with Crippen LogP contribution in [0.3, 0.4) is 0 Å². The zero-order valence-corrected chi connectivity index (χ0v) is 9.36. The van der Waals surface area contributed by atoms with E-state index in [0.29, 0.717) is 0 Å². The Balaban J connectivity index is -0.000000320. The van der Waals surface area contributed by atoms with E-state index in [4.69, 9.17) is 5.11 Å². The van der Waals surface area contributed by atoms with E-state index < -0.39 is 10.1 Å². The molecule has 7 heteroatoms. The molecule has 0 saturated heterocycles. The predicted molar refractivity (Wildman–Crippen MR) is 36.7 cm³/mol. The molecule has 0 aromatic carbocycles. The van der Waals surface area contributed by atoms with Crippen molar-refractivity contribution in [3.63, 3.8) is 0 Å². The minimum absolute atomic E-state index is 0. The van der Waals surface area contributed by atoms with Gasteiger partial charge in [0.15, 0.2) is 0 Å². The summed E-state index contributed by atoms with van der Waals surface area (Å²) in [5, 5.41) is 8.18. The molecule has 0 rings (SSSR count). The van der Waals surface area contributed by atoms with Gasteiger partial charge in [-0.1, -0.05) is 0 Å². The zero-order chi connectivity index (χ0) is 7.33. The van der Waals surface area contributed by atoms with Gasteiger partial charge in [0, 0.05) is 6.61 Å². The van der Waals surface area contributed by atoms with Crippen molar-refractivity contribution in [2.75, 3.05) is 12.4 Å². The summed E-state index contributed by atoms with van der Waals surface area (Å²) < 4.78 is 24.5. The van der Waals surface area contributed by atoms with Gasteiger partial charge in [0.05, 0.1) is 5.75 Å². The Morgan fingerprint density at radius 2 is 2.10 bits per heavy atom. The molecule has 0 unspecified atom stereocenters. The molecule has 0 spiro atoms. The van der Waals surface area contributed by atoms with E-state index in [-0.39, 0.29) is 49.8 Å². The van der Waals surface area contributed by atoms with Crippen LogP contribution in [0.5, 0.6) is 0 Å².